The molecule has 0 aromatic carbocycles. The Morgan fingerprint density at radius 1 is 1.33 bits per heavy atom. The fraction of sp³-hybridized carbons (Fsp3) is 0.786. The molecule has 0 rings (SSSR count). The molecule has 0 aliphatic heterocycles. The van der Waals surface area contributed by atoms with Crippen LogP contribution in [0.25, 0.3) is 0 Å². The highest BCUT2D eigenvalue weighted by atomic mass is 16.4. The molecule has 0 aliphatic carbocycles. The van der Waals surface area contributed by atoms with Gasteiger partial charge in [0.15, 0.2) is 0 Å². The summed E-state index contributed by atoms with van der Waals surface area (Å²) < 4.78 is 0. The van der Waals surface area contributed by atoms with E-state index in [1.54, 1.807) is 6.92 Å². The van der Waals surface area contributed by atoms with Crippen LogP contribution in [0.4, 0.5) is 0 Å². The molecule has 0 aliphatic rings. The lowest BCUT2D eigenvalue weighted by molar-refractivity contribution is -0.131. The lowest BCUT2D eigenvalue weighted by Gasteiger charge is -2.43. The summed E-state index contributed by atoms with van der Waals surface area (Å²) in [4.78, 5) is 9.51. The van der Waals surface area contributed by atoms with Crippen LogP contribution in [0.3, 0.4) is 0 Å². The lowest BCUT2D eigenvalue weighted by Crippen LogP contribution is -2.60. The SMILES string of the molecule is CC=CC(=O)O.CCCC(C)C(C)(C)C(C)(N)N. The Balaban J connectivity index is 0. The van der Waals surface area contributed by atoms with Crippen molar-refractivity contribution in [1.82, 2.24) is 0 Å². The molecule has 4 heteroatoms. The monoisotopic (exact) mass is 258 g/mol. The molecule has 0 radical (unpaired) electrons. The first-order valence-electron chi connectivity index (χ1n) is 6.44. The first-order chi connectivity index (χ1) is 8.00. The molecule has 0 fully saturated rings. The zero-order valence-corrected chi connectivity index (χ0v) is 12.7. The van der Waals surface area contributed by atoms with E-state index in [0.29, 0.717) is 5.92 Å². The van der Waals surface area contributed by atoms with Gasteiger partial charge in [0.05, 0.1) is 5.66 Å². The summed E-state index contributed by atoms with van der Waals surface area (Å²) in [6.45, 7) is 12.3. The van der Waals surface area contributed by atoms with Crippen LogP contribution in [-0.4, -0.2) is 16.7 Å². The summed E-state index contributed by atoms with van der Waals surface area (Å²) in [5.74, 6) is -0.319. The van der Waals surface area contributed by atoms with Crippen LogP contribution in [0.1, 0.15) is 54.4 Å². The van der Waals surface area contributed by atoms with Crippen molar-refractivity contribution >= 4 is 5.97 Å². The van der Waals surface area contributed by atoms with Crippen LogP contribution in [0.15, 0.2) is 12.2 Å². The van der Waals surface area contributed by atoms with E-state index in [1.165, 1.54) is 18.9 Å². The molecule has 0 spiro atoms. The average Bonchev–Trinajstić information content (AvgIpc) is 2.16. The maximum absolute atomic E-state index is 9.51. The zero-order valence-electron chi connectivity index (χ0n) is 12.7. The van der Waals surface area contributed by atoms with Crippen molar-refractivity contribution in [3.05, 3.63) is 12.2 Å². The standard InChI is InChI=1S/C10H24N2.C4H6O2/c1-6-7-8(2)9(3,4)10(5,11)12;1-2-3-4(5)6/h8H,6-7,11-12H2,1-5H3;2-3H,1H3,(H,5,6). The van der Waals surface area contributed by atoms with Crippen LogP contribution in [0, 0.1) is 11.3 Å². The number of hydrogen-bond donors (Lipinski definition) is 3. The van der Waals surface area contributed by atoms with Gasteiger partial charge in [0.2, 0.25) is 0 Å². The number of hydrogen-bond acceptors (Lipinski definition) is 3. The number of carboxylic acid groups (broad SMARTS) is 1. The number of carbonyl (C=O) groups is 1. The molecule has 0 saturated heterocycles. The Hall–Kier alpha value is -0.870. The third kappa shape index (κ3) is 7.45. The largest absolute Gasteiger partial charge is 0.478 e. The molecule has 1 atom stereocenters. The number of allylic oxidation sites excluding steroid dienone is 1. The predicted molar refractivity (Wildman–Crippen MR) is 77.1 cm³/mol. The van der Waals surface area contributed by atoms with Crippen LogP contribution in [0.5, 0.6) is 0 Å². The van der Waals surface area contributed by atoms with Gasteiger partial charge in [-0.05, 0) is 25.2 Å². The number of rotatable bonds is 5. The molecule has 108 valence electrons. The highest BCUT2D eigenvalue weighted by molar-refractivity contribution is 5.79. The number of carboxylic acids is 1. The van der Waals surface area contributed by atoms with Gasteiger partial charge in [0.1, 0.15) is 0 Å². The molecule has 0 heterocycles. The van der Waals surface area contributed by atoms with E-state index in [0.717, 1.165) is 6.08 Å². The molecular weight excluding hydrogens is 228 g/mol. The van der Waals surface area contributed by atoms with E-state index in [1.807, 2.05) is 6.92 Å². The molecule has 0 bridgehead atoms. The maximum Gasteiger partial charge on any atom is 0.327 e. The smallest absolute Gasteiger partial charge is 0.327 e. The van der Waals surface area contributed by atoms with E-state index in [-0.39, 0.29) is 5.41 Å². The normalized spacial score (nSPS) is 14.0. The van der Waals surface area contributed by atoms with Crippen molar-refractivity contribution in [3.8, 4) is 0 Å². The van der Waals surface area contributed by atoms with Gasteiger partial charge in [-0.2, -0.15) is 0 Å². The third-order valence-corrected chi connectivity index (χ3v) is 3.65. The molecule has 5 N–H and O–H groups in total. The van der Waals surface area contributed by atoms with Gasteiger partial charge in [-0.25, -0.2) is 4.79 Å². The summed E-state index contributed by atoms with van der Waals surface area (Å²) in [6.07, 6.45) is 4.94. The minimum atomic E-state index is -0.891. The highest BCUT2D eigenvalue weighted by Gasteiger charge is 2.38. The van der Waals surface area contributed by atoms with Crippen molar-refractivity contribution in [2.24, 2.45) is 22.8 Å². The summed E-state index contributed by atoms with van der Waals surface area (Å²) in [6, 6.07) is 0. The fourth-order valence-corrected chi connectivity index (χ4v) is 1.47. The van der Waals surface area contributed by atoms with Gasteiger partial charge >= 0.3 is 5.97 Å². The Kier molecular flexibility index (Phi) is 8.95. The topological polar surface area (TPSA) is 89.3 Å². The molecule has 4 nitrogen and oxygen atoms in total. The Morgan fingerprint density at radius 3 is 1.94 bits per heavy atom. The molecular formula is C14H30N2O2. The molecule has 0 aromatic rings. The molecule has 1 unspecified atom stereocenters. The predicted octanol–water partition coefficient (Wildman–Crippen LogP) is 2.73. The van der Waals surface area contributed by atoms with E-state index in [2.05, 4.69) is 27.7 Å². The van der Waals surface area contributed by atoms with Crippen molar-refractivity contribution < 1.29 is 9.90 Å². The Labute approximate surface area is 111 Å². The van der Waals surface area contributed by atoms with Gasteiger partial charge in [0, 0.05) is 6.08 Å². The first-order valence-corrected chi connectivity index (χ1v) is 6.44. The van der Waals surface area contributed by atoms with E-state index in [4.69, 9.17) is 16.6 Å². The minimum absolute atomic E-state index is 0.00299. The average molecular weight is 258 g/mol. The van der Waals surface area contributed by atoms with Crippen molar-refractivity contribution in [3.63, 3.8) is 0 Å². The van der Waals surface area contributed by atoms with Crippen LogP contribution in [0.2, 0.25) is 0 Å². The second-order valence-corrected chi connectivity index (χ2v) is 5.53. The second-order valence-electron chi connectivity index (χ2n) is 5.53. The number of aliphatic carboxylic acids is 1. The second kappa shape index (κ2) is 8.27. The van der Waals surface area contributed by atoms with Crippen molar-refractivity contribution in [2.75, 3.05) is 0 Å². The Bertz CT molecular complexity index is 265. The van der Waals surface area contributed by atoms with Crippen molar-refractivity contribution in [2.45, 2.75) is 60.0 Å². The van der Waals surface area contributed by atoms with Crippen molar-refractivity contribution in [1.29, 1.82) is 0 Å². The van der Waals surface area contributed by atoms with E-state index < -0.39 is 11.6 Å². The first kappa shape index (κ1) is 19.5. The molecule has 0 aromatic heterocycles. The highest BCUT2D eigenvalue weighted by Crippen LogP contribution is 2.36. The molecule has 0 amide bonds. The number of nitrogens with two attached hydrogens (primary N) is 2. The third-order valence-electron chi connectivity index (χ3n) is 3.65. The van der Waals surface area contributed by atoms with Crippen LogP contribution < -0.4 is 11.5 Å². The van der Waals surface area contributed by atoms with E-state index >= 15 is 0 Å². The summed E-state index contributed by atoms with van der Waals surface area (Å²) in [5, 5.41) is 7.83. The summed E-state index contributed by atoms with van der Waals surface area (Å²) in [7, 11) is 0. The Morgan fingerprint density at radius 2 is 1.78 bits per heavy atom. The van der Waals surface area contributed by atoms with Gasteiger partial charge in [-0.15, -0.1) is 0 Å². The zero-order chi connectivity index (χ0) is 15.0. The maximum atomic E-state index is 9.51. The van der Waals surface area contributed by atoms with E-state index in [9.17, 15) is 4.79 Å². The molecule has 0 saturated carbocycles. The minimum Gasteiger partial charge on any atom is -0.478 e. The van der Waals surface area contributed by atoms with Crippen LogP contribution >= 0.6 is 0 Å². The van der Waals surface area contributed by atoms with Gasteiger partial charge < -0.3 is 16.6 Å². The van der Waals surface area contributed by atoms with Gasteiger partial charge in [0.25, 0.3) is 0 Å². The van der Waals surface area contributed by atoms with Gasteiger partial charge in [-0.3, -0.25) is 0 Å². The van der Waals surface area contributed by atoms with Crippen LogP contribution in [-0.2, 0) is 4.79 Å². The molecule has 18 heavy (non-hydrogen) atoms. The quantitative estimate of drug-likeness (QED) is 0.522. The summed E-state index contributed by atoms with van der Waals surface area (Å²) >= 11 is 0. The lowest BCUT2D eigenvalue weighted by atomic mass is 9.69. The van der Waals surface area contributed by atoms with Gasteiger partial charge in [-0.1, -0.05) is 46.6 Å². The summed E-state index contributed by atoms with van der Waals surface area (Å²) in [5.41, 5.74) is 11.3. The fourth-order valence-electron chi connectivity index (χ4n) is 1.47.